The van der Waals surface area contributed by atoms with Gasteiger partial charge >= 0.3 is 6.09 Å². The second-order valence-electron chi connectivity index (χ2n) is 9.41. The second-order valence-corrected chi connectivity index (χ2v) is 11.2. The normalized spacial score (nSPS) is 15.2. The minimum atomic E-state index is -3.70. The molecule has 1 amide bonds. The molecule has 1 unspecified atom stereocenters. The molecule has 1 aromatic carbocycles. The van der Waals surface area contributed by atoms with Crippen LogP contribution in [0.2, 0.25) is 0 Å². The molecular weight excluding hydrogens is 489 g/mol. The molecular formula is C23H28FN7O4S. The number of aromatic nitrogens is 4. The van der Waals surface area contributed by atoms with Crippen molar-refractivity contribution in [2.45, 2.75) is 45.1 Å². The zero-order valence-electron chi connectivity index (χ0n) is 20.3. The maximum absolute atomic E-state index is 15.6. The number of carbonyl (C=O) groups is 1. The molecule has 1 aliphatic rings. The number of anilines is 2. The molecule has 0 spiro atoms. The van der Waals surface area contributed by atoms with E-state index in [9.17, 15) is 13.2 Å². The lowest BCUT2D eigenvalue weighted by atomic mass is 10.0. The van der Waals surface area contributed by atoms with Gasteiger partial charge in [-0.05, 0) is 50.5 Å². The lowest BCUT2D eigenvalue weighted by molar-refractivity contribution is 0.191. The summed E-state index contributed by atoms with van der Waals surface area (Å²) in [7, 11) is -3.70. The van der Waals surface area contributed by atoms with Crippen LogP contribution in [0.4, 0.5) is 20.8 Å². The van der Waals surface area contributed by atoms with Gasteiger partial charge in [0.25, 0.3) is 0 Å². The van der Waals surface area contributed by atoms with E-state index in [1.54, 1.807) is 26.0 Å². The van der Waals surface area contributed by atoms with Crippen LogP contribution in [-0.2, 0) is 15.4 Å². The van der Waals surface area contributed by atoms with Crippen LogP contribution in [0.15, 0.2) is 24.4 Å². The van der Waals surface area contributed by atoms with Gasteiger partial charge in [-0.2, -0.15) is 0 Å². The van der Waals surface area contributed by atoms with Gasteiger partial charge in [-0.25, -0.2) is 32.6 Å². The number of H-pyrrole nitrogens is 1. The number of aromatic amines is 1. The Labute approximate surface area is 208 Å². The minimum absolute atomic E-state index is 0.135. The number of nitrogens with one attached hydrogen (secondary N) is 4. The fourth-order valence-corrected chi connectivity index (χ4v) is 4.32. The molecule has 5 N–H and O–H groups in total. The minimum Gasteiger partial charge on any atom is -0.465 e. The molecule has 4 rings (SSSR count). The highest BCUT2D eigenvalue weighted by molar-refractivity contribution is 7.92. The lowest BCUT2D eigenvalue weighted by Crippen LogP contribution is -2.36. The molecule has 1 aliphatic carbocycles. The van der Waals surface area contributed by atoms with Crippen LogP contribution < -0.4 is 15.4 Å². The van der Waals surface area contributed by atoms with Crippen molar-refractivity contribution in [3.63, 3.8) is 0 Å². The predicted molar refractivity (Wildman–Crippen MR) is 134 cm³/mol. The molecule has 11 nitrogen and oxygen atoms in total. The fraction of sp³-hybridized carbons (Fsp3) is 0.391. The number of sulfonamides is 1. The van der Waals surface area contributed by atoms with Gasteiger partial charge in [-0.15, -0.1) is 0 Å². The monoisotopic (exact) mass is 517 g/mol. The summed E-state index contributed by atoms with van der Waals surface area (Å²) in [6.07, 6.45) is 3.23. The molecule has 2 heterocycles. The van der Waals surface area contributed by atoms with Gasteiger partial charge in [0.1, 0.15) is 11.5 Å². The summed E-state index contributed by atoms with van der Waals surface area (Å²) in [6.45, 7) is 5.75. The predicted octanol–water partition coefficient (Wildman–Crippen LogP) is 3.47. The van der Waals surface area contributed by atoms with Crippen LogP contribution in [0.1, 0.15) is 38.1 Å². The Hall–Kier alpha value is -3.74. The molecule has 2 aromatic heterocycles. The largest absolute Gasteiger partial charge is 0.465 e. The molecule has 1 saturated carbocycles. The highest BCUT2D eigenvalue weighted by Crippen LogP contribution is 2.48. The number of nitrogens with zero attached hydrogens (tertiary/aromatic N) is 3. The molecule has 36 heavy (non-hydrogen) atoms. The van der Waals surface area contributed by atoms with Crippen LogP contribution in [0, 0.1) is 12.7 Å². The Morgan fingerprint density at radius 2 is 2.03 bits per heavy atom. The van der Waals surface area contributed by atoms with E-state index in [1.165, 1.54) is 12.3 Å². The first-order valence-corrected chi connectivity index (χ1v) is 13.2. The fourth-order valence-electron chi connectivity index (χ4n) is 3.77. The zero-order valence-corrected chi connectivity index (χ0v) is 21.1. The third-order valence-electron chi connectivity index (χ3n) is 5.89. The number of carboxylic acid groups (broad SMARTS) is 1. The van der Waals surface area contributed by atoms with Crippen molar-refractivity contribution in [1.82, 2.24) is 25.3 Å². The topological polar surface area (TPSA) is 162 Å². The van der Waals surface area contributed by atoms with E-state index in [0.29, 0.717) is 28.5 Å². The standard InChI is InChI=1S/C23H28FN7O4S/c1-12-9-14(17(24)16(10-12)31-36(4,34)35)18-19(30-20(29-18)23(3)6-7-23)15-5-8-25-21(28-15)26-11-13(2)27-22(32)33/h5,8-10,13,27,31H,6-7,11H2,1-4H3,(H,29,30)(H,32,33)(H,25,26,28). The summed E-state index contributed by atoms with van der Waals surface area (Å²) < 4.78 is 41.4. The Morgan fingerprint density at radius 3 is 2.67 bits per heavy atom. The summed E-state index contributed by atoms with van der Waals surface area (Å²) in [6, 6.07) is 4.31. The van der Waals surface area contributed by atoms with Gasteiger partial charge in [0.15, 0.2) is 5.82 Å². The quantitative estimate of drug-likeness (QED) is 0.288. The Kier molecular flexibility index (Phi) is 6.60. The number of hydrogen-bond acceptors (Lipinski definition) is 7. The van der Waals surface area contributed by atoms with E-state index < -0.39 is 21.9 Å². The van der Waals surface area contributed by atoms with Gasteiger partial charge in [-0.1, -0.05) is 6.92 Å². The lowest BCUT2D eigenvalue weighted by Gasteiger charge is -2.13. The number of benzene rings is 1. The third-order valence-corrected chi connectivity index (χ3v) is 6.48. The molecule has 0 bridgehead atoms. The highest BCUT2D eigenvalue weighted by atomic mass is 32.2. The van der Waals surface area contributed by atoms with Crippen molar-refractivity contribution in [2.24, 2.45) is 0 Å². The van der Waals surface area contributed by atoms with Crippen LogP contribution in [-0.4, -0.2) is 58.4 Å². The van der Waals surface area contributed by atoms with E-state index >= 15 is 4.39 Å². The molecule has 1 fully saturated rings. The van der Waals surface area contributed by atoms with Crippen molar-refractivity contribution >= 4 is 27.8 Å². The van der Waals surface area contributed by atoms with Gasteiger partial charge in [0, 0.05) is 29.8 Å². The van der Waals surface area contributed by atoms with Crippen LogP contribution in [0.3, 0.4) is 0 Å². The number of rotatable bonds is 9. The van der Waals surface area contributed by atoms with E-state index in [4.69, 9.17) is 10.1 Å². The highest BCUT2D eigenvalue weighted by Gasteiger charge is 2.43. The van der Waals surface area contributed by atoms with Crippen LogP contribution in [0.5, 0.6) is 0 Å². The molecule has 13 heteroatoms. The molecule has 3 aromatic rings. The zero-order chi connectivity index (χ0) is 26.3. The van der Waals surface area contributed by atoms with Crippen molar-refractivity contribution in [2.75, 3.05) is 22.8 Å². The summed E-state index contributed by atoms with van der Waals surface area (Å²) in [5.74, 6) is 0.209. The van der Waals surface area contributed by atoms with E-state index in [0.717, 1.165) is 19.1 Å². The van der Waals surface area contributed by atoms with Gasteiger partial charge in [0.2, 0.25) is 16.0 Å². The smallest absolute Gasteiger partial charge is 0.404 e. The van der Waals surface area contributed by atoms with Crippen LogP contribution in [0.25, 0.3) is 22.6 Å². The van der Waals surface area contributed by atoms with Gasteiger partial charge in [0.05, 0.1) is 23.3 Å². The van der Waals surface area contributed by atoms with Gasteiger partial charge < -0.3 is 20.7 Å². The van der Waals surface area contributed by atoms with Crippen molar-refractivity contribution in [3.8, 4) is 22.6 Å². The van der Waals surface area contributed by atoms with E-state index in [2.05, 4.69) is 37.2 Å². The molecule has 0 radical (unpaired) electrons. The summed E-state index contributed by atoms with van der Waals surface area (Å²) >= 11 is 0. The Balaban J connectivity index is 1.77. The maximum atomic E-state index is 15.6. The molecule has 0 aliphatic heterocycles. The second kappa shape index (κ2) is 9.37. The van der Waals surface area contributed by atoms with Crippen molar-refractivity contribution in [3.05, 3.63) is 41.6 Å². The first-order chi connectivity index (χ1) is 16.8. The number of imidazole rings is 1. The number of aryl methyl sites for hydroxylation is 1. The third kappa shape index (κ3) is 5.73. The van der Waals surface area contributed by atoms with Crippen LogP contribution >= 0.6 is 0 Å². The maximum Gasteiger partial charge on any atom is 0.404 e. The SMILES string of the molecule is Cc1cc(NS(C)(=O)=O)c(F)c(-c2nc(C3(C)CC3)[nH]c2-c2ccnc(NCC(C)NC(=O)O)n2)c1. The first kappa shape index (κ1) is 25.4. The molecule has 192 valence electrons. The Morgan fingerprint density at radius 1 is 1.31 bits per heavy atom. The first-order valence-electron chi connectivity index (χ1n) is 11.3. The average molecular weight is 518 g/mol. The van der Waals surface area contributed by atoms with Crippen molar-refractivity contribution < 1.29 is 22.7 Å². The summed E-state index contributed by atoms with van der Waals surface area (Å²) in [4.78, 5) is 27.6. The average Bonchev–Trinajstić information content (AvgIpc) is 3.36. The summed E-state index contributed by atoms with van der Waals surface area (Å²) in [5, 5.41) is 14.2. The molecule has 1 atom stereocenters. The summed E-state index contributed by atoms with van der Waals surface area (Å²) in [5.41, 5.74) is 1.68. The number of halogens is 1. The van der Waals surface area contributed by atoms with E-state index in [1.807, 2.05) is 0 Å². The van der Waals surface area contributed by atoms with Gasteiger partial charge in [-0.3, -0.25) is 4.72 Å². The van der Waals surface area contributed by atoms with E-state index in [-0.39, 0.29) is 35.2 Å². The Bertz CT molecular complexity index is 1420. The van der Waals surface area contributed by atoms with Crippen molar-refractivity contribution in [1.29, 1.82) is 0 Å². The molecule has 0 saturated heterocycles. The number of amides is 1. The number of hydrogen-bond donors (Lipinski definition) is 5.